The number of nitrogens with one attached hydrogen (secondary N) is 3. The lowest BCUT2D eigenvalue weighted by molar-refractivity contribution is 0.475. The van der Waals surface area contributed by atoms with E-state index in [1.54, 1.807) is 78.9 Å². The number of rotatable bonds is 6. The van der Waals surface area contributed by atoms with Gasteiger partial charge in [-0.2, -0.15) is 9.97 Å². The number of phenolic OH excluding ortho intramolecular Hbond substituents is 3. The molecule has 0 atom stereocenters. The molecule has 0 aliphatic carbocycles. The van der Waals surface area contributed by atoms with Crippen LogP contribution >= 0.6 is 0 Å². The zero-order chi connectivity index (χ0) is 20.9. The third-order valence-corrected chi connectivity index (χ3v) is 4.07. The second-order valence-corrected chi connectivity index (χ2v) is 6.49. The first-order chi connectivity index (χ1) is 14.5. The van der Waals surface area contributed by atoms with Gasteiger partial charge in [0.2, 0.25) is 5.95 Å². The van der Waals surface area contributed by atoms with Crippen LogP contribution in [0.1, 0.15) is 0 Å². The third-order valence-electron chi connectivity index (χ3n) is 4.07. The predicted molar refractivity (Wildman–Crippen MR) is 116 cm³/mol. The standard InChI is InChI=1S/C22H19N5O3/c28-17-7-1-4-14(10-17)23-20-13-21(24-15-5-2-8-18(29)11-15)27-22(26-20)25-16-6-3-9-19(30)12-16/h1-13,28-30H,(H3,23,24,25,26,27). The first-order valence-electron chi connectivity index (χ1n) is 9.11. The van der Waals surface area contributed by atoms with Gasteiger partial charge in [0.25, 0.3) is 0 Å². The van der Waals surface area contributed by atoms with Gasteiger partial charge in [0, 0.05) is 41.3 Å². The molecule has 0 bridgehead atoms. The van der Waals surface area contributed by atoms with Crippen LogP contribution in [0.2, 0.25) is 0 Å². The van der Waals surface area contributed by atoms with Crippen molar-refractivity contribution in [3.05, 3.63) is 78.9 Å². The zero-order valence-corrected chi connectivity index (χ0v) is 15.7. The van der Waals surface area contributed by atoms with Crippen molar-refractivity contribution in [2.45, 2.75) is 0 Å². The van der Waals surface area contributed by atoms with Crippen LogP contribution in [-0.2, 0) is 0 Å². The number of aromatic hydroxyl groups is 3. The summed E-state index contributed by atoms with van der Waals surface area (Å²) in [5, 5.41) is 38.4. The Bertz CT molecular complexity index is 1020. The molecule has 6 N–H and O–H groups in total. The summed E-state index contributed by atoms with van der Waals surface area (Å²) in [6.45, 7) is 0. The molecule has 0 aliphatic heterocycles. The maximum Gasteiger partial charge on any atom is 0.231 e. The van der Waals surface area contributed by atoms with Gasteiger partial charge in [-0.05, 0) is 36.4 Å². The number of phenols is 3. The molecule has 0 amide bonds. The lowest BCUT2D eigenvalue weighted by Crippen LogP contribution is -2.04. The van der Waals surface area contributed by atoms with Crippen LogP contribution in [0.4, 0.5) is 34.6 Å². The van der Waals surface area contributed by atoms with Gasteiger partial charge in [0.05, 0.1) is 0 Å². The molecule has 1 aromatic heterocycles. The maximum atomic E-state index is 9.70. The van der Waals surface area contributed by atoms with E-state index in [0.29, 0.717) is 28.7 Å². The number of hydrogen-bond donors (Lipinski definition) is 6. The fourth-order valence-electron chi connectivity index (χ4n) is 2.81. The summed E-state index contributed by atoms with van der Waals surface area (Å²) >= 11 is 0. The molecule has 3 aromatic carbocycles. The van der Waals surface area contributed by atoms with E-state index in [9.17, 15) is 15.3 Å². The highest BCUT2D eigenvalue weighted by Crippen LogP contribution is 2.26. The van der Waals surface area contributed by atoms with Gasteiger partial charge in [-0.1, -0.05) is 18.2 Å². The average molecular weight is 401 g/mol. The normalized spacial score (nSPS) is 10.4. The molecule has 0 saturated heterocycles. The molecule has 4 aromatic rings. The average Bonchev–Trinajstić information content (AvgIpc) is 2.68. The van der Waals surface area contributed by atoms with E-state index >= 15 is 0 Å². The summed E-state index contributed by atoms with van der Waals surface area (Å²) in [6, 6.07) is 21.7. The summed E-state index contributed by atoms with van der Waals surface area (Å²) in [5.41, 5.74) is 1.92. The molecule has 0 saturated carbocycles. The van der Waals surface area contributed by atoms with E-state index in [1.165, 1.54) is 0 Å². The SMILES string of the molecule is Oc1cccc(Nc2cc(Nc3cccc(O)c3)nc(Nc3cccc(O)c3)n2)c1. The summed E-state index contributed by atoms with van der Waals surface area (Å²) in [4.78, 5) is 8.91. The lowest BCUT2D eigenvalue weighted by Gasteiger charge is -2.13. The second-order valence-electron chi connectivity index (χ2n) is 6.49. The maximum absolute atomic E-state index is 9.70. The molecule has 0 aliphatic rings. The molecule has 0 unspecified atom stereocenters. The molecule has 8 heteroatoms. The number of benzene rings is 3. The van der Waals surface area contributed by atoms with Crippen LogP contribution in [0, 0.1) is 0 Å². The minimum Gasteiger partial charge on any atom is -0.508 e. The Morgan fingerprint density at radius 2 is 0.900 bits per heavy atom. The molecular formula is C22H19N5O3. The molecular weight excluding hydrogens is 382 g/mol. The molecule has 0 fully saturated rings. The summed E-state index contributed by atoms with van der Waals surface area (Å²) < 4.78 is 0. The summed E-state index contributed by atoms with van der Waals surface area (Å²) in [7, 11) is 0. The van der Waals surface area contributed by atoms with E-state index in [-0.39, 0.29) is 23.2 Å². The van der Waals surface area contributed by atoms with Crippen LogP contribution in [0.3, 0.4) is 0 Å². The van der Waals surface area contributed by atoms with E-state index in [4.69, 9.17) is 0 Å². The van der Waals surface area contributed by atoms with Gasteiger partial charge in [-0.3, -0.25) is 0 Å². The van der Waals surface area contributed by atoms with E-state index < -0.39 is 0 Å². The Kier molecular flexibility index (Phi) is 5.21. The predicted octanol–water partition coefficient (Wildman–Crippen LogP) is 4.82. The van der Waals surface area contributed by atoms with Crippen LogP contribution in [0.5, 0.6) is 17.2 Å². The van der Waals surface area contributed by atoms with Crippen molar-refractivity contribution < 1.29 is 15.3 Å². The highest BCUT2D eigenvalue weighted by Gasteiger charge is 2.08. The zero-order valence-electron chi connectivity index (χ0n) is 15.7. The van der Waals surface area contributed by atoms with Gasteiger partial charge < -0.3 is 31.3 Å². The third kappa shape index (κ3) is 4.87. The molecule has 150 valence electrons. The van der Waals surface area contributed by atoms with E-state index in [1.807, 2.05) is 0 Å². The number of hydrogen-bond acceptors (Lipinski definition) is 8. The Morgan fingerprint density at radius 1 is 0.500 bits per heavy atom. The Hall–Kier alpha value is -4.46. The summed E-state index contributed by atoms with van der Waals surface area (Å²) in [6.07, 6.45) is 0. The molecule has 4 rings (SSSR count). The highest BCUT2D eigenvalue weighted by atomic mass is 16.3. The van der Waals surface area contributed by atoms with Crippen molar-refractivity contribution in [3.63, 3.8) is 0 Å². The van der Waals surface area contributed by atoms with Crippen LogP contribution in [0.25, 0.3) is 0 Å². The molecule has 8 nitrogen and oxygen atoms in total. The van der Waals surface area contributed by atoms with Crippen LogP contribution < -0.4 is 16.0 Å². The minimum atomic E-state index is 0.118. The van der Waals surface area contributed by atoms with Crippen molar-refractivity contribution in [2.24, 2.45) is 0 Å². The van der Waals surface area contributed by atoms with E-state index in [2.05, 4.69) is 25.9 Å². The van der Waals surface area contributed by atoms with Gasteiger partial charge in [-0.15, -0.1) is 0 Å². The fraction of sp³-hybridized carbons (Fsp3) is 0. The van der Waals surface area contributed by atoms with Crippen molar-refractivity contribution in [2.75, 3.05) is 16.0 Å². The van der Waals surface area contributed by atoms with Gasteiger partial charge in [-0.25, -0.2) is 0 Å². The second kappa shape index (κ2) is 8.27. The number of aromatic nitrogens is 2. The lowest BCUT2D eigenvalue weighted by atomic mass is 10.3. The van der Waals surface area contributed by atoms with Crippen molar-refractivity contribution in [1.82, 2.24) is 9.97 Å². The minimum absolute atomic E-state index is 0.118. The van der Waals surface area contributed by atoms with Gasteiger partial charge in [0.15, 0.2) is 0 Å². The van der Waals surface area contributed by atoms with Crippen LogP contribution in [-0.4, -0.2) is 25.3 Å². The van der Waals surface area contributed by atoms with E-state index in [0.717, 1.165) is 0 Å². The van der Waals surface area contributed by atoms with Gasteiger partial charge in [0.1, 0.15) is 28.9 Å². The molecule has 0 radical (unpaired) electrons. The first kappa shape index (κ1) is 18.9. The Balaban J connectivity index is 1.67. The Morgan fingerprint density at radius 3 is 1.30 bits per heavy atom. The highest BCUT2D eigenvalue weighted by molar-refractivity contribution is 5.67. The largest absolute Gasteiger partial charge is 0.508 e. The molecule has 0 spiro atoms. The van der Waals surface area contributed by atoms with Crippen molar-refractivity contribution in [3.8, 4) is 17.2 Å². The smallest absolute Gasteiger partial charge is 0.231 e. The quantitative estimate of drug-likeness (QED) is 0.272. The first-order valence-corrected chi connectivity index (χ1v) is 9.11. The topological polar surface area (TPSA) is 123 Å². The monoisotopic (exact) mass is 401 g/mol. The molecule has 1 heterocycles. The number of nitrogens with zero attached hydrogens (tertiary/aromatic N) is 2. The molecule has 30 heavy (non-hydrogen) atoms. The van der Waals surface area contributed by atoms with Crippen molar-refractivity contribution >= 4 is 34.6 Å². The van der Waals surface area contributed by atoms with Gasteiger partial charge >= 0.3 is 0 Å². The number of anilines is 6. The Labute approximate surface area is 172 Å². The van der Waals surface area contributed by atoms with Crippen LogP contribution in [0.15, 0.2) is 78.9 Å². The summed E-state index contributed by atoms with van der Waals surface area (Å²) in [5.74, 6) is 1.61. The fourth-order valence-corrected chi connectivity index (χ4v) is 2.81. The van der Waals surface area contributed by atoms with Crippen molar-refractivity contribution in [1.29, 1.82) is 0 Å².